The smallest absolute Gasteiger partial charge is 0.261 e. The van der Waals surface area contributed by atoms with Gasteiger partial charge in [-0.25, -0.2) is 8.42 Å². The van der Waals surface area contributed by atoms with Crippen LogP contribution in [0.3, 0.4) is 0 Å². The van der Waals surface area contributed by atoms with Gasteiger partial charge in [-0.1, -0.05) is 54.1 Å². The zero-order chi connectivity index (χ0) is 21.1. The Kier molecular flexibility index (Phi) is 5.48. The lowest BCUT2D eigenvalue weighted by Crippen LogP contribution is -2.15. The molecule has 4 rings (SSSR count). The van der Waals surface area contributed by atoms with Gasteiger partial charge in [0, 0.05) is 5.56 Å². The van der Waals surface area contributed by atoms with E-state index >= 15 is 0 Å². The topological polar surface area (TPSA) is 84.9 Å². The second-order valence-corrected chi connectivity index (χ2v) is 8.60. The zero-order valence-electron chi connectivity index (χ0n) is 16.3. The first-order valence-corrected chi connectivity index (χ1v) is 10.8. The number of ether oxygens (including phenoxy) is 2. The Hall–Kier alpha value is -3.29. The fourth-order valence-electron chi connectivity index (χ4n) is 3.09. The lowest BCUT2D eigenvalue weighted by molar-refractivity contribution is 0.174. The van der Waals surface area contributed by atoms with Crippen LogP contribution in [-0.2, 0) is 10.0 Å². The van der Waals surface area contributed by atoms with Crippen LogP contribution in [0.15, 0.2) is 77.7 Å². The van der Waals surface area contributed by atoms with Gasteiger partial charge in [-0.3, -0.25) is 4.72 Å². The second-order valence-electron chi connectivity index (χ2n) is 6.92. The van der Waals surface area contributed by atoms with E-state index in [0.717, 1.165) is 11.1 Å². The van der Waals surface area contributed by atoms with E-state index in [2.05, 4.69) is 4.72 Å². The molecule has 6 nitrogen and oxygen atoms in total. The molecule has 0 bridgehead atoms. The first kappa shape index (κ1) is 20.0. The predicted molar refractivity (Wildman–Crippen MR) is 115 cm³/mol. The molecule has 3 aromatic carbocycles. The number of aliphatic hydroxyl groups is 1. The Morgan fingerprint density at radius 1 is 1.00 bits per heavy atom. The third-order valence-corrected chi connectivity index (χ3v) is 6.10. The van der Waals surface area contributed by atoms with Crippen LogP contribution < -0.4 is 14.2 Å². The van der Waals surface area contributed by atoms with Crippen molar-refractivity contribution in [3.63, 3.8) is 0 Å². The first-order valence-electron chi connectivity index (χ1n) is 9.37. The largest absolute Gasteiger partial charge is 0.454 e. The van der Waals surface area contributed by atoms with Gasteiger partial charge in [-0.15, -0.1) is 0 Å². The predicted octanol–water partition coefficient (Wildman–Crippen LogP) is 4.27. The van der Waals surface area contributed by atoms with Crippen molar-refractivity contribution in [3.05, 3.63) is 89.5 Å². The Labute approximate surface area is 175 Å². The second kappa shape index (κ2) is 8.22. The number of hydrogen-bond acceptors (Lipinski definition) is 5. The van der Waals surface area contributed by atoms with Crippen molar-refractivity contribution in [2.75, 3.05) is 11.5 Å². The SMILES string of the molecule is Cc1ccc(S(=O)(=O)Nc2ccccc2C(O)/C=C/c2ccc3c(c2)OCO3)cc1. The van der Waals surface area contributed by atoms with Crippen LogP contribution in [0.2, 0.25) is 0 Å². The number of aliphatic hydroxyl groups excluding tert-OH is 1. The summed E-state index contributed by atoms with van der Waals surface area (Å²) in [4.78, 5) is 0.160. The van der Waals surface area contributed by atoms with Gasteiger partial charge in [0.15, 0.2) is 11.5 Å². The van der Waals surface area contributed by atoms with E-state index in [4.69, 9.17) is 9.47 Å². The molecule has 1 aliphatic rings. The summed E-state index contributed by atoms with van der Waals surface area (Å²) >= 11 is 0. The van der Waals surface area contributed by atoms with Crippen LogP contribution in [0.25, 0.3) is 6.08 Å². The van der Waals surface area contributed by atoms with E-state index in [-0.39, 0.29) is 11.7 Å². The van der Waals surface area contributed by atoms with E-state index in [1.54, 1.807) is 66.7 Å². The zero-order valence-corrected chi connectivity index (χ0v) is 17.1. The van der Waals surface area contributed by atoms with Gasteiger partial charge in [0.05, 0.1) is 16.7 Å². The van der Waals surface area contributed by atoms with Crippen molar-refractivity contribution in [3.8, 4) is 11.5 Å². The van der Waals surface area contributed by atoms with E-state index in [0.29, 0.717) is 22.7 Å². The molecule has 0 aliphatic carbocycles. The summed E-state index contributed by atoms with van der Waals surface area (Å²) < 4.78 is 38.7. The molecule has 0 amide bonds. The molecule has 0 radical (unpaired) electrons. The number of aryl methyl sites for hydroxylation is 1. The highest BCUT2D eigenvalue weighted by Gasteiger charge is 2.18. The van der Waals surface area contributed by atoms with Crippen LogP contribution in [0.1, 0.15) is 22.8 Å². The average molecular weight is 423 g/mol. The Balaban J connectivity index is 1.56. The summed E-state index contributed by atoms with van der Waals surface area (Å²) in [7, 11) is -3.78. The summed E-state index contributed by atoms with van der Waals surface area (Å²) in [6.07, 6.45) is 2.33. The van der Waals surface area contributed by atoms with Gasteiger partial charge >= 0.3 is 0 Å². The van der Waals surface area contributed by atoms with E-state index < -0.39 is 16.1 Å². The maximum atomic E-state index is 12.7. The molecule has 0 aromatic heterocycles. The molecule has 1 atom stereocenters. The van der Waals surface area contributed by atoms with E-state index in [1.165, 1.54) is 0 Å². The molecular formula is C23H21NO5S. The molecule has 1 unspecified atom stereocenters. The molecule has 0 spiro atoms. The van der Waals surface area contributed by atoms with Gasteiger partial charge < -0.3 is 14.6 Å². The minimum atomic E-state index is -3.78. The lowest BCUT2D eigenvalue weighted by Gasteiger charge is -2.15. The van der Waals surface area contributed by atoms with Crippen molar-refractivity contribution in [2.24, 2.45) is 0 Å². The Bertz CT molecular complexity index is 1190. The number of fused-ring (bicyclic) bond motifs is 1. The standard InChI is InChI=1S/C23H21NO5S/c1-16-6-10-18(11-7-16)30(26,27)24-20-5-3-2-4-19(20)21(25)12-8-17-9-13-22-23(14-17)29-15-28-22/h2-14,21,24-25H,15H2,1H3/b12-8+. The number of hydrogen-bond donors (Lipinski definition) is 2. The highest BCUT2D eigenvalue weighted by Crippen LogP contribution is 2.33. The molecule has 3 aromatic rings. The molecule has 30 heavy (non-hydrogen) atoms. The maximum Gasteiger partial charge on any atom is 0.261 e. The summed E-state index contributed by atoms with van der Waals surface area (Å²) in [5.74, 6) is 1.33. The Morgan fingerprint density at radius 3 is 2.53 bits per heavy atom. The number of para-hydroxylation sites is 1. The van der Waals surface area contributed by atoms with Crippen LogP contribution in [0.5, 0.6) is 11.5 Å². The third-order valence-electron chi connectivity index (χ3n) is 4.72. The lowest BCUT2D eigenvalue weighted by atomic mass is 10.1. The number of benzene rings is 3. The van der Waals surface area contributed by atoms with Crippen molar-refractivity contribution in [1.29, 1.82) is 0 Å². The molecule has 1 aliphatic heterocycles. The minimum Gasteiger partial charge on any atom is -0.454 e. The monoisotopic (exact) mass is 423 g/mol. The fraction of sp³-hybridized carbons (Fsp3) is 0.130. The average Bonchev–Trinajstić information content (AvgIpc) is 3.20. The molecule has 0 saturated carbocycles. The number of rotatable bonds is 6. The van der Waals surface area contributed by atoms with Gasteiger partial charge in [0.2, 0.25) is 6.79 Å². The molecule has 0 fully saturated rings. The van der Waals surface area contributed by atoms with Gasteiger partial charge in [0.1, 0.15) is 0 Å². The molecular weight excluding hydrogens is 402 g/mol. The Morgan fingerprint density at radius 2 is 1.73 bits per heavy atom. The van der Waals surface area contributed by atoms with Crippen LogP contribution in [-0.4, -0.2) is 20.3 Å². The summed E-state index contributed by atoms with van der Waals surface area (Å²) in [6, 6.07) is 18.8. The molecule has 2 N–H and O–H groups in total. The van der Waals surface area contributed by atoms with Crippen molar-refractivity contribution < 1.29 is 23.0 Å². The normalized spacial score (nSPS) is 14.1. The fourth-order valence-corrected chi connectivity index (χ4v) is 4.18. The van der Waals surface area contributed by atoms with Gasteiger partial charge in [0.25, 0.3) is 10.0 Å². The number of anilines is 1. The molecule has 7 heteroatoms. The van der Waals surface area contributed by atoms with Crippen molar-refractivity contribution in [2.45, 2.75) is 17.9 Å². The highest BCUT2D eigenvalue weighted by atomic mass is 32.2. The third kappa shape index (κ3) is 4.32. The van der Waals surface area contributed by atoms with Crippen LogP contribution in [0, 0.1) is 6.92 Å². The molecule has 154 valence electrons. The van der Waals surface area contributed by atoms with E-state index in [9.17, 15) is 13.5 Å². The maximum absolute atomic E-state index is 12.7. The minimum absolute atomic E-state index is 0.160. The quantitative estimate of drug-likeness (QED) is 0.618. The van der Waals surface area contributed by atoms with Crippen LogP contribution >= 0.6 is 0 Å². The molecule has 1 heterocycles. The molecule has 0 saturated heterocycles. The van der Waals surface area contributed by atoms with Gasteiger partial charge in [-0.05, 0) is 42.8 Å². The van der Waals surface area contributed by atoms with Gasteiger partial charge in [-0.2, -0.15) is 0 Å². The van der Waals surface area contributed by atoms with Crippen molar-refractivity contribution in [1.82, 2.24) is 0 Å². The summed E-state index contributed by atoms with van der Waals surface area (Å²) in [5, 5.41) is 10.7. The van der Waals surface area contributed by atoms with E-state index in [1.807, 2.05) is 19.1 Å². The van der Waals surface area contributed by atoms with Crippen molar-refractivity contribution >= 4 is 21.8 Å². The summed E-state index contributed by atoms with van der Waals surface area (Å²) in [6.45, 7) is 2.08. The number of sulfonamides is 1. The first-order chi connectivity index (χ1) is 14.4. The highest BCUT2D eigenvalue weighted by molar-refractivity contribution is 7.92. The van der Waals surface area contributed by atoms with Crippen LogP contribution in [0.4, 0.5) is 5.69 Å². The summed E-state index contributed by atoms with van der Waals surface area (Å²) in [5.41, 5.74) is 2.57. The number of nitrogens with one attached hydrogen (secondary N) is 1.